The lowest BCUT2D eigenvalue weighted by atomic mass is 9.87. The Hall–Kier alpha value is -8.36. The van der Waals surface area contributed by atoms with Gasteiger partial charge in [-0.3, -0.25) is 9.59 Å². The van der Waals surface area contributed by atoms with Crippen LogP contribution in [-0.2, 0) is 103 Å². The maximum absolute atomic E-state index is 12.5. The fourth-order valence-electron chi connectivity index (χ4n) is 12.7. The maximum Gasteiger partial charge on any atom is 0.306 e. The van der Waals surface area contributed by atoms with E-state index in [1.54, 1.807) is 7.11 Å². The molecule has 4 aromatic carbocycles. The molecule has 0 radical (unpaired) electrons. The quantitative estimate of drug-likeness (QED) is 0.0727. The van der Waals surface area contributed by atoms with E-state index in [1.165, 1.54) is 47.6 Å². The van der Waals surface area contributed by atoms with E-state index in [1.807, 2.05) is 69.7 Å². The van der Waals surface area contributed by atoms with Crippen molar-refractivity contribution in [2.24, 2.45) is 0 Å². The summed E-state index contributed by atoms with van der Waals surface area (Å²) in [5.41, 5.74) is 17.5. The molecule has 0 bridgehead atoms. The number of hydrogen-bond acceptors (Lipinski definition) is 16. The number of aromatic nitrogens is 12. The van der Waals surface area contributed by atoms with E-state index in [4.69, 9.17) is 18.9 Å². The number of methoxy groups -OCH3 is 2. The molecule has 8 aromatic rings. The SMILES string of the molecule is CCCn1nnc2c1-c1ccccc1C(OC(=O)CCC(C)=O)Cc1ccccc1-2.CCCn1nnc2c1-c1ccccc1C(OC)Cc1ccccc1-2.CCCn1nnc2c1CCC(OC(=O)CCC(C)=O)CCC2.CCCn1nnc2c1CCC(OC)CCC2. The minimum Gasteiger partial charge on any atom is -0.462 e. The second kappa shape index (κ2) is 33.8. The Morgan fingerprint density at radius 2 is 0.837 bits per heavy atom. The highest BCUT2D eigenvalue weighted by Crippen LogP contribution is 2.43. The second-order valence-corrected chi connectivity index (χ2v) is 24.3. The van der Waals surface area contributed by atoms with Crippen LogP contribution < -0.4 is 0 Å². The Balaban J connectivity index is 0.000000148. The molecule has 0 spiro atoms. The van der Waals surface area contributed by atoms with Crippen molar-refractivity contribution in [1.29, 1.82) is 0 Å². The predicted octanol–water partition coefficient (Wildman–Crippen LogP) is 13.0. The average molecular weight is 1250 g/mol. The van der Waals surface area contributed by atoms with E-state index < -0.39 is 6.10 Å². The number of esters is 2. The summed E-state index contributed by atoms with van der Waals surface area (Å²) in [6.07, 6.45) is 16.0. The third-order valence-corrected chi connectivity index (χ3v) is 17.4. The van der Waals surface area contributed by atoms with Gasteiger partial charge in [0.25, 0.3) is 0 Å². The summed E-state index contributed by atoms with van der Waals surface area (Å²) in [5.74, 6) is -0.618. The number of nitrogens with zero attached hydrogens (tertiary/aromatic N) is 12. The number of fused-ring (bicyclic) bond motifs is 12. The third kappa shape index (κ3) is 17.2. The summed E-state index contributed by atoms with van der Waals surface area (Å²) < 4.78 is 30.8. The lowest BCUT2D eigenvalue weighted by molar-refractivity contribution is -0.151. The minimum absolute atomic E-state index is 0.0189. The van der Waals surface area contributed by atoms with Crippen LogP contribution in [0.3, 0.4) is 0 Å². The van der Waals surface area contributed by atoms with Crippen molar-refractivity contribution in [3.8, 4) is 45.0 Å². The number of rotatable bonds is 18. The summed E-state index contributed by atoms with van der Waals surface area (Å²) in [6.45, 7) is 15.0. The van der Waals surface area contributed by atoms with Crippen molar-refractivity contribution < 1.29 is 38.1 Å². The van der Waals surface area contributed by atoms with Gasteiger partial charge in [-0.25, -0.2) is 18.7 Å². The van der Waals surface area contributed by atoms with Crippen molar-refractivity contribution in [2.75, 3.05) is 14.2 Å². The molecule has 0 fully saturated rings. The highest BCUT2D eigenvalue weighted by atomic mass is 16.5. The van der Waals surface area contributed by atoms with Gasteiger partial charge in [0, 0.05) is 93.9 Å². The van der Waals surface area contributed by atoms with Gasteiger partial charge in [-0.1, -0.05) is 146 Å². The molecule has 4 atom stereocenters. The number of ether oxygens (including phenoxy) is 4. The first-order valence-electron chi connectivity index (χ1n) is 33.3. The first-order valence-corrected chi connectivity index (χ1v) is 33.3. The molecule has 0 amide bonds. The van der Waals surface area contributed by atoms with Crippen LogP contribution in [0.15, 0.2) is 97.1 Å². The van der Waals surface area contributed by atoms with Crippen LogP contribution in [-0.4, -0.2) is 110 Å². The van der Waals surface area contributed by atoms with E-state index in [0.717, 1.165) is 179 Å². The molecule has 4 unspecified atom stereocenters. The maximum atomic E-state index is 12.5. The van der Waals surface area contributed by atoms with Crippen molar-refractivity contribution in [3.63, 3.8) is 0 Å². The lowest BCUT2D eigenvalue weighted by Gasteiger charge is -2.25. The van der Waals surface area contributed by atoms with Gasteiger partial charge in [0.1, 0.15) is 35.2 Å². The topological polar surface area (TPSA) is 228 Å². The molecule has 4 aliphatic rings. The lowest BCUT2D eigenvalue weighted by Crippen LogP contribution is -2.22. The van der Waals surface area contributed by atoms with Crippen molar-refractivity contribution in [3.05, 3.63) is 142 Å². The molecule has 20 nitrogen and oxygen atoms in total. The highest BCUT2D eigenvalue weighted by Gasteiger charge is 2.31. The molecule has 4 aromatic heterocycles. The molecule has 92 heavy (non-hydrogen) atoms. The van der Waals surface area contributed by atoms with Gasteiger partial charge in [-0.2, -0.15) is 0 Å². The second-order valence-electron chi connectivity index (χ2n) is 24.3. The van der Waals surface area contributed by atoms with Gasteiger partial charge in [0.2, 0.25) is 0 Å². The molecule has 488 valence electrons. The van der Waals surface area contributed by atoms with E-state index in [2.05, 4.69) is 122 Å². The van der Waals surface area contributed by atoms with Crippen LogP contribution in [0, 0.1) is 0 Å². The van der Waals surface area contributed by atoms with Crippen LogP contribution >= 0.6 is 0 Å². The monoisotopic (exact) mass is 1250 g/mol. The van der Waals surface area contributed by atoms with Crippen molar-refractivity contribution in [2.45, 2.75) is 221 Å². The number of aryl methyl sites for hydroxylation is 6. The molecule has 4 aliphatic carbocycles. The van der Waals surface area contributed by atoms with Gasteiger partial charge in [-0.15, -0.1) is 20.4 Å². The molecular formula is C72H92N12O8. The first-order chi connectivity index (χ1) is 44.9. The molecule has 20 heteroatoms. The number of ketones is 2. The Bertz CT molecular complexity index is 3700. The number of Topliss-reactive ketones (excluding diaryl/α,β-unsaturated/α-hetero) is 2. The summed E-state index contributed by atoms with van der Waals surface area (Å²) >= 11 is 0. The molecule has 0 saturated heterocycles. The van der Waals surface area contributed by atoms with E-state index >= 15 is 0 Å². The van der Waals surface area contributed by atoms with Crippen LogP contribution in [0.4, 0.5) is 0 Å². The zero-order valence-corrected chi connectivity index (χ0v) is 55.2. The van der Waals surface area contributed by atoms with E-state index in [-0.39, 0.29) is 61.4 Å². The number of benzene rings is 4. The molecule has 0 saturated carbocycles. The van der Waals surface area contributed by atoms with Gasteiger partial charge < -0.3 is 28.5 Å². The summed E-state index contributed by atoms with van der Waals surface area (Å²) in [6, 6.07) is 32.9. The third-order valence-electron chi connectivity index (χ3n) is 17.4. The number of carbonyl (C=O) groups is 4. The highest BCUT2D eigenvalue weighted by molar-refractivity contribution is 5.85. The predicted molar refractivity (Wildman–Crippen MR) is 352 cm³/mol. The van der Waals surface area contributed by atoms with Crippen LogP contribution in [0.2, 0.25) is 0 Å². The summed E-state index contributed by atoms with van der Waals surface area (Å²) in [5, 5.41) is 35.0. The minimum atomic E-state index is -0.445. The van der Waals surface area contributed by atoms with Gasteiger partial charge in [0.15, 0.2) is 0 Å². The molecule has 0 aliphatic heterocycles. The van der Waals surface area contributed by atoms with Gasteiger partial charge in [-0.05, 0) is 120 Å². The average Bonchev–Trinajstić information content (AvgIpc) is 1.49. The number of carbonyl (C=O) groups excluding carboxylic acids is 4. The molecule has 0 N–H and O–H groups in total. The normalized spacial score (nSPS) is 17.0. The first kappa shape index (κ1) is 68.0. The Morgan fingerprint density at radius 1 is 0.435 bits per heavy atom. The fourth-order valence-corrected chi connectivity index (χ4v) is 12.7. The van der Waals surface area contributed by atoms with Gasteiger partial charge >= 0.3 is 11.9 Å². The smallest absolute Gasteiger partial charge is 0.306 e. The summed E-state index contributed by atoms with van der Waals surface area (Å²) in [7, 11) is 3.60. The Morgan fingerprint density at radius 3 is 1.30 bits per heavy atom. The van der Waals surface area contributed by atoms with E-state index in [9.17, 15) is 19.2 Å². The van der Waals surface area contributed by atoms with Crippen molar-refractivity contribution in [1.82, 2.24) is 60.0 Å². The Labute approximate surface area is 541 Å². The fraction of sp³-hybridized carbons (Fsp3) is 0.500. The summed E-state index contributed by atoms with van der Waals surface area (Å²) in [4.78, 5) is 46.5. The largest absolute Gasteiger partial charge is 0.462 e. The zero-order chi connectivity index (χ0) is 64.9. The van der Waals surface area contributed by atoms with Crippen LogP contribution in [0.5, 0.6) is 0 Å². The molecule has 12 rings (SSSR count). The van der Waals surface area contributed by atoms with E-state index in [0.29, 0.717) is 12.5 Å². The molecule has 4 heterocycles. The van der Waals surface area contributed by atoms with Crippen LogP contribution in [0.1, 0.15) is 189 Å². The Kier molecular flexibility index (Phi) is 25.0. The van der Waals surface area contributed by atoms with Gasteiger partial charge in [0.05, 0.1) is 59.2 Å². The standard InChI is InChI=1S/C24H25N3O3.C20H21N3O.C16H25N3O3.C12H21N3O/c1-3-14-27-24-20-11-7-6-10-19(20)21(30-22(29)13-12-16(2)28)15-17-8-4-5-9-18(17)23(24)25-26-27;1-3-12-23-20-17-11-7-6-10-16(17)18(24-2)13-14-8-4-5-9-15(14)19(20)21-22-23;1-3-11-19-15-9-8-13(5-4-6-14(15)17-18-19)22-16(21)10-7-12(2)20;1-3-9-15-12-8-7-10(16-2)5-4-6-11(12)13-14-15/h4-11,21H,3,12-15H2,1-2H3;4-11,18H,3,12-13H2,1-2H3;13H,3-11H2,1-2H3;10H,3-9H2,1-2H3. The van der Waals surface area contributed by atoms with Crippen LogP contribution in [0.25, 0.3) is 45.0 Å². The zero-order valence-electron chi connectivity index (χ0n) is 55.2. The number of hydrogen-bond donors (Lipinski definition) is 0. The van der Waals surface area contributed by atoms with Crippen molar-refractivity contribution >= 4 is 23.5 Å². The molecular weight excluding hydrogens is 1160 g/mol.